The number of amides is 1. The van der Waals surface area contributed by atoms with Crippen molar-refractivity contribution in [3.8, 4) is 0 Å². The number of hydrogen-bond acceptors (Lipinski definition) is 6. The van der Waals surface area contributed by atoms with Gasteiger partial charge < -0.3 is 10.6 Å². The molecule has 2 aliphatic heterocycles. The van der Waals surface area contributed by atoms with E-state index in [-0.39, 0.29) is 16.4 Å². The molecule has 7 nitrogen and oxygen atoms in total. The number of fused-ring (bicyclic) bond motifs is 1. The van der Waals surface area contributed by atoms with Crippen LogP contribution < -0.4 is 10.6 Å². The summed E-state index contributed by atoms with van der Waals surface area (Å²) in [7, 11) is -3.71. The number of halogens is 4. The van der Waals surface area contributed by atoms with Crippen molar-refractivity contribution in [3.63, 3.8) is 0 Å². The first-order chi connectivity index (χ1) is 20.6. The Hall–Kier alpha value is -2.40. The molecular weight excluding hydrogens is 613 g/mol. The van der Waals surface area contributed by atoms with Crippen molar-refractivity contribution in [2.24, 2.45) is 39.1 Å². The number of dihydropyridines is 1. The highest BCUT2D eigenvalue weighted by Crippen LogP contribution is 2.65. The van der Waals surface area contributed by atoms with E-state index in [0.717, 1.165) is 24.8 Å². The largest absolute Gasteiger partial charge is 0.390 e. The summed E-state index contributed by atoms with van der Waals surface area (Å²) >= 11 is 6.11. The fourth-order valence-corrected chi connectivity index (χ4v) is 9.78. The van der Waals surface area contributed by atoms with E-state index in [1.54, 1.807) is 32.1 Å². The Balaban J connectivity index is 1.15. The second-order valence-corrected chi connectivity index (χ2v) is 16.7. The van der Waals surface area contributed by atoms with Gasteiger partial charge in [0, 0.05) is 24.0 Å². The monoisotopic (exact) mass is 652 g/mol. The Morgan fingerprint density at radius 3 is 2.45 bits per heavy atom. The van der Waals surface area contributed by atoms with Crippen LogP contribution in [0.3, 0.4) is 0 Å². The molecule has 1 amide bonds. The van der Waals surface area contributed by atoms with Crippen LogP contribution in [0.2, 0.25) is 5.02 Å². The van der Waals surface area contributed by atoms with Crippen molar-refractivity contribution >= 4 is 38.2 Å². The maximum absolute atomic E-state index is 14.1. The predicted molar refractivity (Wildman–Crippen MR) is 166 cm³/mol. The molecule has 2 N–H and O–H groups in total. The zero-order chi connectivity index (χ0) is 31.5. The van der Waals surface area contributed by atoms with Crippen molar-refractivity contribution in [1.82, 2.24) is 10.6 Å². The lowest BCUT2D eigenvalue weighted by molar-refractivity contribution is -0.136. The van der Waals surface area contributed by atoms with Crippen LogP contribution in [-0.4, -0.2) is 61.3 Å². The van der Waals surface area contributed by atoms with Gasteiger partial charge in [-0.25, -0.2) is 8.42 Å². The molecule has 7 rings (SSSR count). The minimum Gasteiger partial charge on any atom is -0.360 e. The highest BCUT2D eigenvalue weighted by molar-refractivity contribution is 8.07. The number of carbonyl (C=O) groups is 1. The van der Waals surface area contributed by atoms with Gasteiger partial charge in [-0.1, -0.05) is 29.8 Å². The predicted octanol–water partition coefficient (Wildman–Crippen LogP) is 5.68. The maximum Gasteiger partial charge on any atom is 0.390 e. The zero-order valence-corrected chi connectivity index (χ0v) is 26.6. The maximum atomic E-state index is 14.1. The topological polar surface area (TPSA) is 100.0 Å². The molecule has 4 saturated carbocycles. The Morgan fingerprint density at radius 1 is 1.14 bits per heavy atom. The van der Waals surface area contributed by atoms with Crippen LogP contribution >= 0.6 is 11.6 Å². The zero-order valence-electron chi connectivity index (χ0n) is 25.0. The lowest BCUT2D eigenvalue weighted by Crippen LogP contribution is -2.52. The highest BCUT2D eigenvalue weighted by atomic mass is 35.5. The molecule has 44 heavy (non-hydrogen) atoms. The third kappa shape index (κ3) is 6.59. The van der Waals surface area contributed by atoms with Gasteiger partial charge in [-0.2, -0.15) is 13.2 Å². The van der Waals surface area contributed by atoms with Crippen molar-refractivity contribution in [3.05, 3.63) is 47.0 Å². The molecule has 4 fully saturated rings. The molecule has 2 unspecified atom stereocenters. The summed E-state index contributed by atoms with van der Waals surface area (Å²) in [6.07, 6.45) is 4.04. The first-order valence-corrected chi connectivity index (χ1v) is 17.5. The number of benzene rings is 1. The Bertz CT molecular complexity index is 1480. The number of alkyl halides is 3. The minimum absolute atomic E-state index is 0.0485. The third-order valence-electron chi connectivity index (χ3n) is 10.3. The Labute approximate surface area is 262 Å². The second-order valence-electron chi connectivity index (χ2n) is 14.1. The summed E-state index contributed by atoms with van der Waals surface area (Å²) in [6.45, 7) is 3.64. The average Bonchev–Trinajstić information content (AvgIpc) is 3.53. The Morgan fingerprint density at radius 2 is 1.84 bits per heavy atom. The van der Waals surface area contributed by atoms with E-state index in [0.29, 0.717) is 48.0 Å². The normalized spacial score (nSPS) is 31.5. The average molecular weight is 653 g/mol. The van der Waals surface area contributed by atoms with Gasteiger partial charge in [-0.3, -0.25) is 14.8 Å². The highest BCUT2D eigenvalue weighted by Gasteiger charge is 2.60. The molecule has 1 aromatic rings. The molecular formula is C32H40ClF3N4O3S. The molecule has 4 atom stereocenters. The van der Waals surface area contributed by atoms with Gasteiger partial charge in [0.2, 0.25) is 5.91 Å². The molecule has 0 saturated heterocycles. The summed E-state index contributed by atoms with van der Waals surface area (Å²) < 4.78 is 66.0. The SMILES string of the molecule is CC1(C)N=C([C@H]2CC3(CC(Cc4ccc(Cl)cc4)S(=O)(=O)C4=NCC(C5CC5)C=C4)CC2C3)N[C@H]1C(=O)NCCC(F)(F)F. The van der Waals surface area contributed by atoms with Gasteiger partial charge in [0.15, 0.2) is 9.84 Å². The van der Waals surface area contributed by atoms with Gasteiger partial charge in [0.1, 0.15) is 16.9 Å². The number of nitrogens with one attached hydrogen (secondary N) is 2. The molecule has 4 aliphatic carbocycles. The number of rotatable bonds is 10. The second kappa shape index (κ2) is 11.4. The molecule has 1 aromatic carbocycles. The number of sulfone groups is 1. The number of nitrogens with zero attached hydrogens (tertiary/aromatic N) is 2. The molecule has 0 spiro atoms. The van der Waals surface area contributed by atoms with E-state index in [9.17, 15) is 26.4 Å². The molecule has 240 valence electrons. The van der Waals surface area contributed by atoms with Crippen LogP contribution in [0.15, 0.2) is 46.4 Å². The summed E-state index contributed by atoms with van der Waals surface area (Å²) in [6, 6.07) is 6.55. The lowest BCUT2D eigenvalue weighted by Gasteiger charge is -2.41. The smallest absolute Gasteiger partial charge is 0.360 e. The van der Waals surface area contributed by atoms with Crippen LogP contribution in [-0.2, 0) is 21.1 Å². The quantitative estimate of drug-likeness (QED) is 0.340. The summed E-state index contributed by atoms with van der Waals surface area (Å²) in [5, 5.41) is 5.77. The van der Waals surface area contributed by atoms with E-state index >= 15 is 0 Å². The van der Waals surface area contributed by atoms with Crippen molar-refractivity contribution in [2.75, 3.05) is 13.1 Å². The third-order valence-corrected chi connectivity index (χ3v) is 12.6. The number of amidine groups is 1. The molecule has 2 heterocycles. The molecule has 6 aliphatic rings. The Kier molecular flexibility index (Phi) is 8.21. The number of hydrogen-bond donors (Lipinski definition) is 2. The van der Waals surface area contributed by atoms with Gasteiger partial charge in [-0.05, 0) is 106 Å². The van der Waals surface area contributed by atoms with Crippen LogP contribution in [0.1, 0.15) is 64.4 Å². The molecule has 0 radical (unpaired) electrons. The van der Waals surface area contributed by atoms with Gasteiger partial charge in [0.25, 0.3) is 0 Å². The van der Waals surface area contributed by atoms with E-state index in [1.807, 2.05) is 18.2 Å². The lowest BCUT2D eigenvalue weighted by atomic mass is 9.66. The van der Waals surface area contributed by atoms with Crippen LogP contribution in [0.25, 0.3) is 0 Å². The van der Waals surface area contributed by atoms with E-state index in [1.165, 1.54) is 12.8 Å². The van der Waals surface area contributed by atoms with Crippen LogP contribution in [0.5, 0.6) is 0 Å². The van der Waals surface area contributed by atoms with Crippen LogP contribution in [0.4, 0.5) is 13.2 Å². The standard InChI is InChI=1S/C32H40ClF3N4O3S/c1-30(2)27(29(41)37-12-11-32(34,35)36)39-28(40-30)25-17-31(14-22(25)15-31)16-24(13-19-3-8-23(33)9-4-19)44(42,43)26-10-7-21(18-38-26)20-5-6-20/h3-4,7-10,20-22,24-25,27H,5-6,11-18H2,1-2H3,(H,37,41)(H,39,40)/t21?,22?,24?,25-,27-,31?/m0/s1. The van der Waals surface area contributed by atoms with E-state index in [2.05, 4.69) is 15.6 Å². The summed E-state index contributed by atoms with van der Waals surface area (Å²) in [5.41, 5.74) is -0.0812. The molecule has 2 bridgehead atoms. The first-order valence-electron chi connectivity index (χ1n) is 15.6. The minimum atomic E-state index is -4.34. The van der Waals surface area contributed by atoms with E-state index in [4.69, 9.17) is 16.6 Å². The molecule has 12 heteroatoms. The molecule has 0 aromatic heterocycles. The van der Waals surface area contributed by atoms with Crippen LogP contribution in [0, 0.1) is 29.1 Å². The van der Waals surface area contributed by atoms with Gasteiger partial charge in [-0.15, -0.1) is 0 Å². The number of aliphatic imine (C=N–C) groups is 2. The van der Waals surface area contributed by atoms with Crippen molar-refractivity contribution in [2.45, 2.75) is 88.2 Å². The fourth-order valence-electron chi connectivity index (χ4n) is 7.80. The van der Waals surface area contributed by atoms with Gasteiger partial charge >= 0.3 is 6.18 Å². The summed E-state index contributed by atoms with van der Waals surface area (Å²) in [4.78, 5) is 22.2. The summed E-state index contributed by atoms with van der Waals surface area (Å²) in [5.74, 6) is 1.51. The first kappa shape index (κ1) is 31.6. The fraction of sp³-hybridized carbons (Fsp3) is 0.656. The van der Waals surface area contributed by atoms with Crippen molar-refractivity contribution in [1.29, 1.82) is 0 Å². The number of carbonyl (C=O) groups excluding carboxylic acids is 1. The van der Waals surface area contributed by atoms with Gasteiger partial charge in [0.05, 0.1) is 17.2 Å². The van der Waals surface area contributed by atoms with E-state index < -0.39 is 51.7 Å². The van der Waals surface area contributed by atoms with Crippen molar-refractivity contribution < 1.29 is 26.4 Å².